The lowest BCUT2D eigenvalue weighted by Gasteiger charge is -2.07. The second kappa shape index (κ2) is 4.33. The first-order valence-corrected chi connectivity index (χ1v) is 4.20. The Morgan fingerprint density at radius 3 is 2.53 bits per heavy atom. The van der Waals surface area contributed by atoms with Crippen molar-refractivity contribution in [3.8, 4) is 0 Å². The maximum absolute atomic E-state index is 12.3. The molecule has 1 rings (SSSR count). The van der Waals surface area contributed by atoms with Gasteiger partial charge >= 0.3 is 6.18 Å². The highest BCUT2D eigenvalue weighted by molar-refractivity contribution is 5.98. The van der Waals surface area contributed by atoms with Gasteiger partial charge in [0.25, 0.3) is 0 Å². The van der Waals surface area contributed by atoms with Crippen LogP contribution in [0.3, 0.4) is 0 Å². The van der Waals surface area contributed by atoms with Crippen LogP contribution in [-0.4, -0.2) is 12.8 Å². The van der Waals surface area contributed by atoms with Gasteiger partial charge in [0.1, 0.15) is 7.11 Å². The second-order valence-electron chi connectivity index (χ2n) is 2.94. The molecule has 1 aromatic rings. The Balaban J connectivity index is 3.08. The molecule has 0 saturated heterocycles. The number of halogens is 3. The molecule has 15 heavy (non-hydrogen) atoms. The Labute approximate surface area is 85.4 Å². The second-order valence-corrected chi connectivity index (χ2v) is 2.94. The molecule has 5 heteroatoms. The highest BCUT2D eigenvalue weighted by Gasteiger charge is 2.30. The minimum atomic E-state index is -4.33. The summed E-state index contributed by atoms with van der Waals surface area (Å²) in [6, 6.07) is 4.95. The predicted molar refractivity (Wildman–Crippen MR) is 50.7 cm³/mol. The number of nitrogens with zero attached hydrogens (tertiary/aromatic N) is 1. The summed E-state index contributed by atoms with van der Waals surface area (Å²) in [5, 5.41) is 3.57. The van der Waals surface area contributed by atoms with Crippen LogP contribution in [0.25, 0.3) is 0 Å². The van der Waals surface area contributed by atoms with Gasteiger partial charge in [-0.1, -0.05) is 17.3 Å². The van der Waals surface area contributed by atoms with Crippen LogP contribution in [-0.2, 0) is 11.0 Å². The first-order valence-electron chi connectivity index (χ1n) is 4.20. The Morgan fingerprint density at radius 1 is 1.33 bits per heavy atom. The Kier molecular flexibility index (Phi) is 3.34. The monoisotopic (exact) mass is 217 g/mol. The van der Waals surface area contributed by atoms with Gasteiger partial charge in [0, 0.05) is 0 Å². The summed E-state index contributed by atoms with van der Waals surface area (Å²) in [4.78, 5) is 4.49. The van der Waals surface area contributed by atoms with Crippen LogP contribution in [0.15, 0.2) is 29.4 Å². The number of benzene rings is 1. The van der Waals surface area contributed by atoms with Gasteiger partial charge in [0.05, 0.1) is 11.3 Å². The molecule has 0 heterocycles. The topological polar surface area (TPSA) is 21.6 Å². The molecule has 0 N–H and O–H groups in total. The summed E-state index contributed by atoms with van der Waals surface area (Å²) in [5.41, 5.74) is 0.112. The van der Waals surface area contributed by atoms with E-state index in [-0.39, 0.29) is 0 Å². The molecule has 0 saturated carbocycles. The van der Waals surface area contributed by atoms with Crippen LogP contribution in [0, 0.1) is 0 Å². The van der Waals surface area contributed by atoms with Crippen LogP contribution in [0.5, 0.6) is 0 Å². The molecule has 0 aliphatic rings. The van der Waals surface area contributed by atoms with Crippen molar-refractivity contribution in [1.82, 2.24) is 0 Å². The molecule has 0 unspecified atom stereocenters. The molecule has 0 atom stereocenters. The van der Waals surface area contributed by atoms with Gasteiger partial charge < -0.3 is 4.84 Å². The highest BCUT2D eigenvalue weighted by atomic mass is 19.4. The van der Waals surface area contributed by atoms with Crippen molar-refractivity contribution in [3.63, 3.8) is 0 Å². The fraction of sp³-hybridized carbons (Fsp3) is 0.300. The van der Waals surface area contributed by atoms with Crippen molar-refractivity contribution >= 4 is 5.71 Å². The Hall–Kier alpha value is -1.52. The first-order chi connectivity index (χ1) is 6.95. The quantitative estimate of drug-likeness (QED) is 0.551. The molecular formula is C10H10F3NO. The maximum Gasteiger partial charge on any atom is 0.416 e. The normalized spacial score (nSPS) is 12.7. The zero-order chi connectivity index (χ0) is 11.5. The predicted octanol–water partition coefficient (Wildman–Crippen LogP) is 3.08. The van der Waals surface area contributed by atoms with E-state index in [0.717, 1.165) is 12.1 Å². The molecule has 0 aliphatic heterocycles. The van der Waals surface area contributed by atoms with Crippen molar-refractivity contribution in [3.05, 3.63) is 35.4 Å². The third-order valence-corrected chi connectivity index (χ3v) is 1.84. The zero-order valence-corrected chi connectivity index (χ0v) is 8.30. The average Bonchev–Trinajstić information content (AvgIpc) is 2.17. The van der Waals surface area contributed by atoms with E-state index < -0.39 is 11.7 Å². The van der Waals surface area contributed by atoms with Crippen LogP contribution < -0.4 is 0 Å². The van der Waals surface area contributed by atoms with E-state index in [4.69, 9.17) is 0 Å². The third-order valence-electron chi connectivity index (χ3n) is 1.84. The third kappa shape index (κ3) is 2.97. The van der Waals surface area contributed by atoms with Gasteiger partial charge in [-0.2, -0.15) is 13.2 Å². The van der Waals surface area contributed by atoms with E-state index in [2.05, 4.69) is 9.99 Å². The van der Waals surface area contributed by atoms with Crippen LogP contribution in [0.2, 0.25) is 0 Å². The van der Waals surface area contributed by atoms with E-state index in [1.807, 2.05) is 0 Å². The van der Waals surface area contributed by atoms with E-state index >= 15 is 0 Å². The van der Waals surface area contributed by atoms with E-state index in [1.165, 1.54) is 13.2 Å². The average molecular weight is 217 g/mol. The highest BCUT2D eigenvalue weighted by Crippen LogP contribution is 2.29. The van der Waals surface area contributed by atoms with Crippen molar-refractivity contribution in [1.29, 1.82) is 0 Å². The van der Waals surface area contributed by atoms with Crippen molar-refractivity contribution in [2.75, 3.05) is 7.11 Å². The summed E-state index contributed by atoms with van der Waals surface area (Å²) in [7, 11) is 1.34. The van der Waals surface area contributed by atoms with Crippen molar-refractivity contribution in [2.24, 2.45) is 5.16 Å². The standard InChI is InChI=1S/C10H10F3NO/c1-7(14-15-2)8-4-3-5-9(6-8)10(11,12)13/h3-6H,1-2H3. The molecule has 0 aliphatic carbocycles. The number of alkyl halides is 3. The van der Waals surface area contributed by atoms with Crippen molar-refractivity contribution in [2.45, 2.75) is 13.1 Å². The molecule has 2 nitrogen and oxygen atoms in total. The molecule has 82 valence electrons. The van der Waals surface area contributed by atoms with Crippen LogP contribution in [0.4, 0.5) is 13.2 Å². The molecule has 1 aromatic carbocycles. The number of oxime groups is 1. The number of rotatable bonds is 2. The van der Waals surface area contributed by atoms with Crippen molar-refractivity contribution < 1.29 is 18.0 Å². The van der Waals surface area contributed by atoms with Gasteiger partial charge in [-0.25, -0.2) is 0 Å². The molecule has 0 amide bonds. The van der Waals surface area contributed by atoms with Crippen LogP contribution >= 0.6 is 0 Å². The van der Waals surface area contributed by atoms with E-state index in [0.29, 0.717) is 11.3 Å². The van der Waals surface area contributed by atoms with Crippen LogP contribution in [0.1, 0.15) is 18.1 Å². The van der Waals surface area contributed by atoms with Gasteiger partial charge in [-0.15, -0.1) is 0 Å². The minimum Gasteiger partial charge on any atom is -0.399 e. The number of hydrogen-bond donors (Lipinski definition) is 0. The lowest BCUT2D eigenvalue weighted by molar-refractivity contribution is -0.137. The molecular weight excluding hydrogens is 207 g/mol. The Morgan fingerprint density at radius 2 is 2.00 bits per heavy atom. The molecule has 0 fully saturated rings. The zero-order valence-electron chi connectivity index (χ0n) is 8.30. The van der Waals surface area contributed by atoms with Gasteiger partial charge in [0.15, 0.2) is 0 Å². The molecule has 0 bridgehead atoms. The maximum atomic E-state index is 12.3. The molecule has 0 aromatic heterocycles. The number of hydrogen-bond acceptors (Lipinski definition) is 2. The smallest absolute Gasteiger partial charge is 0.399 e. The lowest BCUT2D eigenvalue weighted by atomic mass is 10.1. The summed E-state index contributed by atoms with van der Waals surface area (Å²) >= 11 is 0. The van der Waals surface area contributed by atoms with E-state index in [9.17, 15) is 13.2 Å². The summed E-state index contributed by atoms with van der Waals surface area (Å²) < 4.78 is 37.0. The lowest BCUT2D eigenvalue weighted by Crippen LogP contribution is -2.06. The summed E-state index contributed by atoms with van der Waals surface area (Å²) in [6.45, 7) is 1.58. The summed E-state index contributed by atoms with van der Waals surface area (Å²) in [5.74, 6) is 0. The fourth-order valence-corrected chi connectivity index (χ4v) is 1.11. The molecule has 0 spiro atoms. The largest absolute Gasteiger partial charge is 0.416 e. The van der Waals surface area contributed by atoms with Gasteiger partial charge in [-0.3, -0.25) is 0 Å². The van der Waals surface area contributed by atoms with E-state index in [1.54, 1.807) is 13.0 Å². The Bertz CT molecular complexity index is 371. The SMILES string of the molecule is CON=C(C)c1cccc(C(F)(F)F)c1. The minimum absolute atomic E-state index is 0.395. The fourth-order valence-electron chi connectivity index (χ4n) is 1.11. The molecule has 0 radical (unpaired) electrons. The van der Waals surface area contributed by atoms with Gasteiger partial charge in [-0.05, 0) is 24.6 Å². The summed E-state index contributed by atoms with van der Waals surface area (Å²) in [6.07, 6.45) is -4.33. The van der Waals surface area contributed by atoms with Gasteiger partial charge in [0.2, 0.25) is 0 Å². The first kappa shape index (κ1) is 11.6.